The highest BCUT2D eigenvalue weighted by atomic mass is 35.6. The first-order valence-corrected chi connectivity index (χ1v) is 11.1. The number of nitrogens with one attached hydrogen (secondary N) is 1. The van der Waals surface area contributed by atoms with Gasteiger partial charge in [-0.1, -0.05) is 91.3 Å². The van der Waals surface area contributed by atoms with Gasteiger partial charge in [-0.3, -0.25) is 4.79 Å². The lowest BCUT2D eigenvalue weighted by atomic mass is 10.1. The standard InChI is InChI=1S/C17H21Cl3N2OS2/c1-2-3-4-5-6-11-14(23)22-15(17(18,19)20)25-16-21-12-9-7-8-10-13(12)24-16/h7-10,15H,2-6,11H2,1H3,(H,22,23)/t15-/m1/s1. The molecule has 1 aromatic carbocycles. The van der Waals surface area contributed by atoms with Crippen molar-refractivity contribution in [3.63, 3.8) is 0 Å². The van der Waals surface area contributed by atoms with Crippen molar-refractivity contribution >= 4 is 74.0 Å². The second-order valence-corrected chi connectivity index (χ2v) is 10.5. The molecule has 0 radical (unpaired) electrons. The number of carbonyl (C=O) groups excluding carboxylic acids is 1. The minimum atomic E-state index is -1.61. The minimum Gasteiger partial charge on any atom is -0.340 e. The van der Waals surface area contributed by atoms with E-state index in [1.165, 1.54) is 35.9 Å². The normalized spacial score (nSPS) is 13.1. The van der Waals surface area contributed by atoms with E-state index in [1.807, 2.05) is 24.3 Å². The molecule has 1 heterocycles. The number of alkyl halides is 3. The zero-order valence-electron chi connectivity index (χ0n) is 13.9. The number of thiazole rings is 1. The highest BCUT2D eigenvalue weighted by Gasteiger charge is 2.35. The average Bonchev–Trinajstić information content (AvgIpc) is 2.95. The summed E-state index contributed by atoms with van der Waals surface area (Å²) in [7, 11) is 0. The van der Waals surface area contributed by atoms with Crippen LogP contribution in [0.25, 0.3) is 10.2 Å². The number of rotatable bonds is 9. The van der Waals surface area contributed by atoms with Gasteiger partial charge in [0.05, 0.1) is 10.2 Å². The summed E-state index contributed by atoms with van der Waals surface area (Å²) in [6.45, 7) is 2.16. The maximum absolute atomic E-state index is 12.2. The molecule has 1 amide bonds. The second kappa shape index (κ2) is 10.2. The summed E-state index contributed by atoms with van der Waals surface area (Å²) in [5, 5.41) is 2.16. The van der Waals surface area contributed by atoms with E-state index in [1.54, 1.807) is 0 Å². The molecule has 0 aliphatic carbocycles. The fourth-order valence-electron chi connectivity index (χ4n) is 2.29. The highest BCUT2D eigenvalue weighted by molar-refractivity contribution is 8.02. The second-order valence-electron chi connectivity index (χ2n) is 5.72. The van der Waals surface area contributed by atoms with E-state index in [-0.39, 0.29) is 5.91 Å². The van der Waals surface area contributed by atoms with Crippen LogP contribution in [0.5, 0.6) is 0 Å². The van der Waals surface area contributed by atoms with Crippen LogP contribution in [-0.4, -0.2) is 20.1 Å². The molecule has 0 saturated carbocycles. The monoisotopic (exact) mass is 438 g/mol. The van der Waals surface area contributed by atoms with E-state index in [2.05, 4.69) is 17.2 Å². The van der Waals surface area contributed by atoms with Gasteiger partial charge in [0.25, 0.3) is 0 Å². The first kappa shape index (κ1) is 21.1. The number of unbranched alkanes of at least 4 members (excludes halogenated alkanes) is 4. The topological polar surface area (TPSA) is 42.0 Å². The average molecular weight is 440 g/mol. The van der Waals surface area contributed by atoms with Crippen LogP contribution in [-0.2, 0) is 4.79 Å². The summed E-state index contributed by atoms with van der Waals surface area (Å²) in [5.74, 6) is -0.0959. The van der Waals surface area contributed by atoms with Crippen molar-refractivity contribution < 1.29 is 4.79 Å². The van der Waals surface area contributed by atoms with Crippen molar-refractivity contribution in [3.05, 3.63) is 24.3 Å². The van der Waals surface area contributed by atoms with Crippen molar-refractivity contribution in [2.75, 3.05) is 0 Å². The molecule has 0 saturated heterocycles. The van der Waals surface area contributed by atoms with Crippen LogP contribution in [0.4, 0.5) is 0 Å². The van der Waals surface area contributed by atoms with Crippen molar-refractivity contribution in [3.8, 4) is 0 Å². The van der Waals surface area contributed by atoms with Gasteiger partial charge in [0, 0.05) is 6.42 Å². The van der Waals surface area contributed by atoms with E-state index < -0.39 is 9.17 Å². The Morgan fingerprint density at radius 1 is 1.24 bits per heavy atom. The lowest BCUT2D eigenvalue weighted by Crippen LogP contribution is -2.41. The maximum atomic E-state index is 12.2. The lowest BCUT2D eigenvalue weighted by Gasteiger charge is -2.24. The smallest absolute Gasteiger partial charge is 0.221 e. The summed E-state index contributed by atoms with van der Waals surface area (Å²) >= 11 is 21.0. The summed E-state index contributed by atoms with van der Waals surface area (Å²) in [4.78, 5) is 16.7. The van der Waals surface area contributed by atoms with E-state index in [4.69, 9.17) is 34.8 Å². The molecular formula is C17H21Cl3N2OS2. The molecule has 0 fully saturated rings. The Morgan fingerprint density at radius 2 is 1.96 bits per heavy atom. The minimum absolute atomic E-state index is 0.0959. The van der Waals surface area contributed by atoms with Crippen molar-refractivity contribution in [1.82, 2.24) is 10.3 Å². The van der Waals surface area contributed by atoms with Gasteiger partial charge in [-0.15, -0.1) is 11.3 Å². The molecule has 1 atom stereocenters. The number of halogens is 3. The zero-order valence-corrected chi connectivity index (χ0v) is 17.8. The summed E-state index contributed by atoms with van der Waals surface area (Å²) < 4.78 is 0.219. The Labute approximate surface area is 171 Å². The van der Waals surface area contributed by atoms with Crippen LogP contribution in [0.2, 0.25) is 0 Å². The number of carbonyl (C=O) groups is 1. The van der Waals surface area contributed by atoms with Crippen LogP contribution < -0.4 is 5.32 Å². The van der Waals surface area contributed by atoms with Gasteiger partial charge >= 0.3 is 0 Å². The molecule has 0 aliphatic heterocycles. The van der Waals surface area contributed by atoms with Crippen molar-refractivity contribution in [2.24, 2.45) is 0 Å². The van der Waals surface area contributed by atoms with Gasteiger partial charge in [0.2, 0.25) is 9.70 Å². The molecule has 2 aromatic rings. The number of amides is 1. The fourth-order valence-corrected chi connectivity index (χ4v) is 4.98. The molecule has 0 unspecified atom stereocenters. The van der Waals surface area contributed by atoms with E-state index in [0.717, 1.165) is 33.8 Å². The summed E-state index contributed by atoms with van der Waals surface area (Å²) in [6, 6.07) is 7.83. The van der Waals surface area contributed by atoms with Gasteiger partial charge in [-0.25, -0.2) is 4.98 Å². The Hall–Kier alpha value is -0.200. The molecule has 1 aromatic heterocycles. The highest BCUT2D eigenvalue weighted by Crippen LogP contribution is 2.41. The first-order valence-electron chi connectivity index (χ1n) is 8.28. The number of hydrogen-bond donors (Lipinski definition) is 1. The summed E-state index contributed by atoms with van der Waals surface area (Å²) in [6.07, 6.45) is 5.88. The number of benzene rings is 1. The zero-order chi connectivity index (χ0) is 18.3. The van der Waals surface area contributed by atoms with Gasteiger partial charge < -0.3 is 5.32 Å². The van der Waals surface area contributed by atoms with Gasteiger partial charge in [-0.05, 0) is 18.6 Å². The molecule has 3 nitrogen and oxygen atoms in total. The number of thioether (sulfide) groups is 1. The Bertz CT molecular complexity index is 655. The molecular weight excluding hydrogens is 419 g/mol. The molecule has 0 bridgehead atoms. The SMILES string of the molecule is CCCCCCCC(=O)N[C@H](Sc1nc2ccccc2s1)C(Cl)(Cl)Cl. The van der Waals surface area contributed by atoms with Crippen molar-refractivity contribution in [1.29, 1.82) is 0 Å². The third-order valence-electron chi connectivity index (χ3n) is 3.59. The number of para-hydroxylation sites is 1. The number of aromatic nitrogens is 1. The van der Waals surface area contributed by atoms with E-state index in [9.17, 15) is 4.79 Å². The largest absolute Gasteiger partial charge is 0.340 e. The summed E-state index contributed by atoms with van der Waals surface area (Å²) in [5.41, 5.74) is 0.903. The van der Waals surface area contributed by atoms with Crippen LogP contribution in [0.15, 0.2) is 28.6 Å². The Balaban J connectivity index is 1.93. The predicted molar refractivity (Wildman–Crippen MR) is 111 cm³/mol. The van der Waals surface area contributed by atoms with Gasteiger partial charge in [-0.2, -0.15) is 0 Å². The number of fused-ring (bicyclic) bond motifs is 1. The van der Waals surface area contributed by atoms with Crippen molar-refractivity contribution in [2.45, 2.75) is 59.0 Å². The lowest BCUT2D eigenvalue weighted by molar-refractivity contribution is -0.121. The van der Waals surface area contributed by atoms with Crippen LogP contribution in [0.3, 0.4) is 0 Å². The Kier molecular flexibility index (Phi) is 8.62. The molecule has 0 spiro atoms. The van der Waals surface area contributed by atoms with Gasteiger partial charge in [0.15, 0.2) is 4.34 Å². The number of hydrogen-bond acceptors (Lipinski definition) is 4. The van der Waals surface area contributed by atoms with E-state index in [0.29, 0.717) is 6.42 Å². The molecule has 2 rings (SSSR count). The first-order chi connectivity index (χ1) is 11.9. The molecule has 138 valence electrons. The quantitative estimate of drug-likeness (QED) is 0.208. The van der Waals surface area contributed by atoms with Crippen LogP contribution >= 0.6 is 57.9 Å². The molecule has 1 N–H and O–H groups in total. The third kappa shape index (κ3) is 7.14. The van der Waals surface area contributed by atoms with Crippen LogP contribution in [0.1, 0.15) is 45.4 Å². The maximum Gasteiger partial charge on any atom is 0.221 e. The molecule has 25 heavy (non-hydrogen) atoms. The molecule has 0 aliphatic rings. The van der Waals surface area contributed by atoms with E-state index >= 15 is 0 Å². The van der Waals surface area contributed by atoms with Gasteiger partial charge in [0.1, 0.15) is 5.37 Å². The Morgan fingerprint density at radius 3 is 2.64 bits per heavy atom. The van der Waals surface area contributed by atoms with Crippen LogP contribution in [0, 0.1) is 0 Å². The molecule has 8 heteroatoms. The fraction of sp³-hybridized carbons (Fsp3) is 0.529. The number of nitrogens with zero attached hydrogens (tertiary/aromatic N) is 1. The predicted octanol–water partition coefficient (Wildman–Crippen LogP) is 6.56. The third-order valence-corrected chi connectivity index (χ3v) is 7.00.